The van der Waals surface area contributed by atoms with E-state index in [0.717, 1.165) is 77.8 Å². The molecule has 3 heterocycles. The summed E-state index contributed by atoms with van der Waals surface area (Å²) in [6.45, 7) is 3.62. The number of hydrogen-bond donors (Lipinski definition) is 1. The number of rotatable bonds is 8. The molecule has 0 bridgehead atoms. The van der Waals surface area contributed by atoms with E-state index in [2.05, 4.69) is 32.0 Å². The van der Waals surface area contributed by atoms with Crippen LogP contribution in [0.3, 0.4) is 0 Å². The molecule has 0 spiro atoms. The number of ether oxygens (including phenoxy) is 2. The SMILES string of the molecule is COc1cc(OC)cc(N(CCN2CCC(N)C2)c2ccc3ncc(-c4cnn(C)c4)nc3c2)c1. The fourth-order valence-corrected chi connectivity index (χ4v) is 4.52. The van der Waals surface area contributed by atoms with Gasteiger partial charge in [-0.05, 0) is 31.2 Å². The van der Waals surface area contributed by atoms with Crippen LogP contribution in [-0.4, -0.2) is 71.1 Å². The van der Waals surface area contributed by atoms with Crippen LogP contribution in [0.15, 0.2) is 55.0 Å². The van der Waals surface area contributed by atoms with Crippen molar-refractivity contribution in [2.24, 2.45) is 12.8 Å². The van der Waals surface area contributed by atoms with Crippen molar-refractivity contribution < 1.29 is 9.47 Å². The number of likely N-dealkylation sites (tertiary alicyclic amines) is 1. The Morgan fingerprint density at radius 1 is 1.03 bits per heavy atom. The summed E-state index contributed by atoms with van der Waals surface area (Å²) >= 11 is 0. The molecule has 0 radical (unpaired) electrons. The first-order valence-corrected chi connectivity index (χ1v) is 11.8. The first kappa shape index (κ1) is 23.1. The number of methoxy groups -OCH3 is 2. The topological polar surface area (TPSA) is 94.6 Å². The average Bonchev–Trinajstić information content (AvgIpc) is 3.51. The third-order valence-corrected chi connectivity index (χ3v) is 6.43. The molecular weight excluding hydrogens is 442 g/mol. The highest BCUT2D eigenvalue weighted by Gasteiger charge is 2.21. The van der Waals surface area contributed by atoms with Gasteiger partial charge >= 0.3 is 0 Å². The van der Waals surface area contributed by atoms with Crippen molar-refractivity contribution in [2.75, 3.05) is 45.3 Å². The molecule has 2 aromatic heterocycles. The molecule has 182 valence electrons. The predicted octanol–water partition coefficient (Wildman–Crippen LogP) is 3.22. The third-order valence-electron chi connectivity index (χ3n) is 6.43. The second-order valence-corrected chi connectivity index (χ2v) is 8.90. The highest BCUT2D eigenvalue weighted by Crippen LogP contribution is 2.34. The van der Waals surface area contributed by atoms with Crippen molar-refractivity contribution in [3.63, 3.8) is 0 Å². The van der Waals surface area contributed by atoms with Gasteiger partial charge < -0.3 is 20.1 Å². The molecule has 1 fully saturated rings. The van der Waals surface area contributed by atoms with E-state index >= 15 is 0 Å². The predicted molar refractivity (Wildman–Crippen MR) is 137 cm³/mol. The number of fused-ring (bicyclic) bond motifs is 1. The lowest BCUT2D eigenvalue weighted by molar-refractivity contribution is 0.343. The van der Waals surface area contributed by atoms with E-state index in [1.165, 1.54) is 0 Å². The molecule has 1 aliphatic rings. The summed E-state index contributed by atoms with van der Waals surface area (Å²) in [4.78, 5) is 14.2. The van der Waals surface area contributed by atoms with Gasteiger partial charge in [0.25, 0.3) is 0 Å². The van der Waals surface area contributed by atoms with Gasteiger partial charge in [0.2, 0.25) is 0 Å². The average molecular weight is 474 g/mol. The summed E-state index contributed by atoms with van der Waals surface area (Å²) in [5, 5.41) is 4.26. The third kappa shape index (κ3) is 5.06. The minimum absolute atomic E-state index is 0.252. The highest BCUT2D eigenvalue weighted by molar-refractivity contribution is 5.82. The second-order valence-electron chi connectivity index (χ2n) is 8.90. The van der Waals surface area contributed by atoms with Crippen LogP contribution < -0.4 is 20.1 Å². The number of aryl methyl sites for hydroxylation is 1. The van der Waals surface area contributed by atoms with Gasteiger partial charge in [-0.1, -0.05) is 0 Å². The number of aromatic nitrogens is 4. The Hall–Kier alpha value is -3.69. The summed E-state index contributed by atoms with van der Waals surface area (Å²) in [5.74, 6) is 1.49. The second kappa shape index (κ2) is 9.89. The number of hydrogen-bond acceptors (Lipinski definition) is 8. The number of nitrogens with zero attached hydrogens (tertiary/aromatic N) is 6. The van der Waals surface area contributed by atoms with Gasteiger partial charge in [-0.2, -0.15) is 5.10 Å². The summed E-state index contributed by atoms with van der Waals surface area (Å²) in [7, 11) is 5.23. The van der Waals surface area contributed by atoms with Crippen LogP contribution in [0, 0.1) is 0 Å². The summed E-state index contributed by atoms with van der Waals surface area (Å²) in [6.07, 6.45) is 6.57. The zero-order valence-electron chi connectivity index (χ0n) is 20.4. The Kier molecular flexibility index (Phi) is 6.52. The van der Waals surface area contributed by atoms with Crippen LogP contribution in [0.2, 0.25) is 0 Å². The van der Waals surface area contributed by atoms with E-state index in [1.54, 1.807) is 31.3 Å². The van der Waals surface area contributed by atoms with Gasteiger partial charge in [-0.3, -0.25) is 14.6 Å². The van der Waals surface area contributed by atoms with Crippen molar-refractivity contribution in [2.45, 2.75) is 12.5 Å². The normalized spacial score (nSPS) is 16.1. The van der Waals surface area contributed by atoms with Crippen molar-refractivity contribution in [1.82, 2.24) is 24.6 Å². The van der Waals surface area contributed by atoms with E-state index in [0.29, 0.717) is 0 Å². The van der Waals surface area contributed by atoms with Gasteiger partial charge in [0.05, 0.1) is 43.3 Å². The summed E-state index contributed by atoms with van der Waals surface area (Å²) in [6, 6.07) is 12.4. The van der Waals surface area contributed by atoms with Crippen molar-refractivity contribution in [3.05, 3.63) is 55.0 Å². The molecule has 4 aromatic rings. The summed E-state index contributed by atoms with van der Waals surface area (Å²) < 4.78 is 12.9. The minimum atomic E-state index is 0.252. The molecular formula is C26H31N7O2. The monoisotopic (exact) mass is 473 g/mol. The zero-order chi connectivity index (χ0) is 24.4. The number of benzene rings is 2. The maximum Gasteiger partial charge on any atom is 0.124 e. The van der Waals surface area contributed by atoms with E-state index in [4.69, 9.17) is 20.2 Å². The molecule has 0 saturated carbocycles. The van der Waals surface area contributed by atoms with Gasteiger partial charge in [-0.25, -0.2) is 4.98 Å². The lowest BCUT2D eigenvalue weighted by atomic mass is 10.2. The van der Waals surface area contributed by atoms with Crippen LogP contribution in [0.25, 0.3) is 22.3 Å². The van der Waals surface area contributed by atoms with E-state index < -0.39 is 0 Å². The molecule has 0 aliphatic carbocycles. The van der Waals surface area contributed by atoms with Crippen LogP contribution in [0.1, 0.15) is 6.42 Å². The van der Waals surface area contributed by atoms with Crippen molar-refractivity contribution in [3.8, 4) is 22.8 Å². The Morgan fingerprint density at radius 2 is 1.83 bits per heavy atom. The Labute approximate surface area is 205 Å². The maximum absolute atomic E-state index is 6.15. The first-order valence-electron chi connectivity index (χ1n) is 11.8. The first-order chi connectivity index (χ1) is 17.0. The Balaban J connectivity index is 1.53. The molecule has 1 unspecified atom stereocenters. The molecule has 1 atom stereocenters. The van der Waals surface area contributed by atoms with Crippen LogP contribution in [0.4, 0.5) is 11.4 Å². The largest absolute Gasteiger partial charge is 0.497 e. The van der Waals surface area contributed by atoms with Gasteiger partial charge in [0.15, 0.2) is 0 Å². The van der Waals surface area contributed by atoms with Crippen LogP contribution >= 0.6 is 0 Å². The van der Waals surface area contributed by atoms with Crippen molar-refractivity contribution >= 4 is 22.4 Å². The quantitative estimate of drug-likeness (QED) is 0.417. The van der Waals surface area contributed by atoms with E-state index in [-0.39, 0.29) is 6.04 Å². The molecule has 0 amide bonds. The van der Waals surface area contributed by atoms with Gasteiger partial charge in [-0.15, -0.1) is 0 Å². The molecule has 9 nitrogen and oxygen atoms in total. The Bertz CT molecular complexity index is 1300. The molecule has 2 N–H and O–H groups in total. The Morgan fingerprint density at radius 3 is 2.49 bits per heavy atom. The maximum atomic E-state index is 6.15. The van der Waals surface area contributed by atoms with E-state index in [9.17, 15) is 0 Å². The molecule has 35 heavy (non-hydrogen) atoms. The fraction of sp³-hybridized carbons (Fsp3) is 0.346. The smallest absolute Gasteiger partial charge is 0.124 e. The lowest BCUT2D eigenvalue weighted by Gasteiger charge is -2.28. The zero-order valence-corrected chi connectivity index (χ0v) is 20.4. The lowest BCUT2D eigenvalue weighted by Crippen LogP contribution is -2.33. The van der Waals surface area contributed by atoms with Gasteiger partial charge in [0, 0.05) is 74.1 Å². The molecule has 1 aliphatic heterocycles. The molecule has 2 aromatic carbocycles. The molecule has 1 saturated heterocycles. The molecule has 5 rings (SSSR count). The fourth-order valence-electron chi connectivity index (χ4n) is 4.52. The minimum Gasteiger partial charge on any atom is -0.497 e. The van der Waals surface area contributed by atoms with E-state index in [1.807, 2.05) is 37.5 Å². The summed E-state index contributed by atoms with van der Waals surface area (Å²) in [5.41, 5.74) is 11.6. The molecule has 9 heteroatoms. The van der Waals surface area contributed by atoms with Crippen LogP contribution in [0.5, 0.6) is 11.5 Å². The standard InChI is InChI=1S/C26H31N7O2/c1-31-16-18(14-29-31)26-15-28-24-5-4-20(12-25(24)30-26)33(9-8-32-7-6-19(27)17-32)21-10-22(34-2)13-23(11-21)35-3/h4-5,10-16,19H,6-9,17,27H2,1-3H3. The van der Waals surface area contributed by atoms with Crippen LogP contribution in [-0.2, 0) is 7.05 Å². The van der Waals surface area contributed by atoms with Crippen molar-refractivity contribution in [1.29, 1.82) is 0 Å². The van der Waals surface area contributed by atoms with Gasteiger partial charge in [0.1, 0.15) is 11.5 Å². The number of nitrogens with two attached hydrogens (primary N) is 1. The highest BCUT2D eigenvalue weighted by atomic mass is 16.5. The number of anilines is 2.